The van der Waals surface area contributed by atoms with Crippen LogP contribution in [0.5, 0.6) is 0 Å². The van der Waals surface area contributed by atoms with E-state index in [2.05, 4.69) is 9.47 Å². The fraction of sp³-hybridized carbons (Fsp3) is 1.00. The molecule has 0 aromatic rings. The quantitative estimate of drug-likeness (QED) is 0.241. The van der Waals surface area contributed by atoms with Crippen LogP contribution in [0.15, 0.2) is 0 Å². The molecule has 0 amide bonds. The molecule has 2 atom stereocenters. The summed E-state index contributed by atoms with van der Waals surface area (Å²) in [5.41, 5.74) is 0. The molecule has 0 aromatic heterocycles. The van der Waals surface area contributed by atoms with Crippen LogP contribution in [0.3, 0.4) is 0 Å². The van der Waals surface area contributed by atoms with Crippen molar-refractivity contribution >= 4 is 0 Å². The topological polar surface area (TPSA) is 78.4 Å². The number of aliphatic hydroxyl groups excluding tert-OH is 2. The molecule has 2 N–H and O–H groups in total. The third-order valence-electron chi connectivity index (χ3n) is 2.66. The first-order valence-electron chi connectivity index (χ1n) is 6.02. The first kappa shape index (κ1) is 26.8. The van der Waals surface area contributed by atoms with Gasteiger partial charge in [-0.15, -0.1) is 0 Å². The number of halogens is 12. The Morgan fingerprint density at radius 1 is 0.500 bits per heavy atom. The molecule has 0 bridgehead atoms. The smallest absolute Gasteiger partial charge is 0.388 e. The molecule has 0 spiro atoms. The Morgan fingerprint density at radius 3 is 0.821 bits per heavy atom. The highest BCUT2D eigenvalue weighted by atomic mass is 19.4. The van der Waals surface area contributed by atoms with Crippen molar-refractivity contribution in [1.82, 2.24) is 32.1 Å². The van der Waals surface area contributed by atoms with Gasteiger partial charge in [0.2, 0.25) is 0 Å². The van der Waals surface area contributed by atoms with Crippen molar-refractivity contribution in [3.63, 3.8) is 0 Å². The van der Waals surface area contributed by atoms with E-state index in [0.717, 1.165) is 0 Å². The molecule has 0 rings (SSSR count). The molecular weight excluding hydrogens is 448 g/mol. The number of hydrogen-bond acceptors (Lipinski definition) is 10. The predicted molar refractivity (Wildman–Crippen MR) is 53.7 cm³/mol. The van der Waals surface area contributed by atoms with E-state index in [1.54, 1.807) is 0 Å². The van der Waals surface area contributed by atoms with Crippen molar-refractivity contribution in [3.8, 4) is 0 Å². The molecule has 0 aliphatic carbocycles. The summed E-state index contributed by atoms with van der Waals surface area (Å²) in [6, 6.07) is 0. The number of hydrogen-bond donors (Lipinski definition) is 2. The van der Waals surface area contributed by atoms with Gasteiger partial charge in [-0.1, -0.05) is 53.8 Å². The lowest BCUT2D eigenvalue weighted by Gasteiger charge is -2.33. The second-order valence-electron chi connectivity index (χ2n) is 4.30. The van der Waals surface area contributed by atoms with E-state index in [1.807, 2.05) is 0 Å². The first-order chi connectivity index (χ1) is 12.7. The Kier molecular flexibility index (Phi) is 10.0. The SMILES string of the molecule is O[C@@H](COC(N(F)F)(N(F)F)N(F)F)[C@@H](O)COC(N(F)F)(N(F)F)N(F)F. The summed E-state index contributed by atoms with van der Waals surface area (Å²) >= 11 is 0. The first-order valence-corrected chi connectivity index (χ1v) is 6.02. The summed E-state index contributed by atoms with van der Waals surface area (Å²) in [5, 5.41) is 0.999. The number of ether oxygens (including phenoxy) is 2. The highest BCUT2D eigenvalue weighted by molar-refractivity contribution is 4.70. The monoisotopic (exact) mass is 456 g/mol. The van der Waals surface area contributed by atoms with Crippen LogP contribution in [-0.2, 0) is 9.47 Å². The van der Waals surface area contributed by atoms with Gasteiger partial charge in [0.05, 0.1) is 45.3 Å². The largest absolute Gasteiger partial charge is 0.410 e. The molecule has 10 nitrogen and oxygen atoms in total. The van der Waals surface area contributed by atoms with Gasteiger partial charge >= 0.3 is 11.9 Å². The van der Waals surface area contributed by atoms with Gasteiger partial charge in [-0.25, -0.2) is 0 Å². The number of nitrogens with zero attached hydrogens (tertiary/aromatic N) is 6. The minimum absolute atomic E-state index is 2.06. The van der Waals surface area contributed by atoms with Crippen LogP contribution in [0.4, 0.5) is 53.8 Å². The lowest BCUT2D eigenvalue weighted by Crippen LogP contribution is -2.60. The minimum Gasteiger partial charge on any atom is -0.388 e. The predicted octanol–water partition coefficient (Wildman–Crippen LogP) is 1.39. The van der Waals surface area contributed by atoms with Gasteiger partial charge in [0.25, 0.3) is 0 Å². The van der Waals surface area contributed by atoms with Gasteiger partial charge in [0.1, 0.15) is 12.2 Å². The lowest BCUT2D eigenvalue weighted by molar-refractivity contribution is -0.558. The maximum absolute atomic E-state index is 12.3. The van der Waals surface area contributed by atoms with Crippen LogP contribution < -0.4 is 0 Å². The molecule has 22 heteroatoms. The van der Waals surface area contributed by atoms with Crippen molar-refractivity contribution in [2.75, 3.05) is 13.2 Å². The molecule has 0 aliphatic rings. The highest BCUT2D eigenvalue weighted by Crippen LogP contribution is 2.32. The van der Waals surface area contributed by atoms with Gasteiger partial charge in [0, 0.05) is 0 Å². The van der Waals surface area contributed by atoms with E-state index in [1.165, 1.54) is 0 Å². The standard InChI is InChI=1S/C6H8F12N6O4/c7-19(8)5(20(9)10,21(11)12)27-1-3(25)4(26)2-28-6(22(13)14,23(15)16)24(17)18/h3-4,25-26H,1-2H2/t3-,4-/m0/s1. The van der Waals surface area contributed by atoms with E-state index in [-0.39, 0.29) is 0 Å². The second-order valence-corrected chi connectivity index (χ2v) is 4.30. The molecule has 28 heavy (non-hydrogen) atoms. The average Bonchev–Trinajstić information content (AvgIpc) is 2.53. The zero-order chi connectivity index (χ0) is 22.4. The number of rotatable bonds is 13. The molecule has 0 aromatic carbocycles. The second kappa shape index (κ2) is 10.5. The van der Waals surface area contributed by atoms with Crippen molar-refractivity contribution < 1.29 is 73.5 Å². The molecule has 170 valence electrons. The number of aliphatic hydroxyl groups is 2. The van der Waals surface area contributed by atoms with Gasteiger partial charge < -0.3 is 19.7 Å². The van der Waals surface area contributed by atoms with E-state index in [4.69, 9.17) is 0 Å². The molecule has 0 saturated heterocycles. The Bertz CT molecular complexity index is 379. The zero-order valence-corrected chi connectivity index (χ0v) is 12.5. The molecular formula is C6H8F12N6O4. The van der Waals surface area contributed by atoms with E-state index in [9.17, 15) is 64.0 Å². The third kappa shape index (κ3) is 5.43. The van der Waals surface area contributed by atoms with Crippen LogP contribution in [0, 0.1) is 0 Å². The van der Waals surface area contributed by atoms with Crippen LogP contribution >= 0.6 is 0 Å². The highest BCUT2D eigenvalue weighted by Gasteiger charge is 2.59. The molecule has 0 saturated carbocycles. The molecule has 0 heterocycles. The summed E-state index contributed by atoms with van der Waals surface area (Å²) < 4.78 is 154. The summed E-state index contributed by atoms with van der Waals surface area (Å²) in [6.45, 7) is -4.12. The summed E-state index contributed by atoms with van der Waals surface area (Å²) in [4.78, 5) is 0. The summed E-state index contributed by atoms with van der Waals surface area (Å²) in [6.07, 6.45) is -5.69. The third-order valence-corrected chi connectivity index (χ3v) is 2.66. The van der Waals surface area contributed by atoms with Crippen molar-refractivity contribution in [2.45, 2.75) is 24.2 Å². The molecule has 0 radical (unpaired) electrons. The fourth-order valence-corrected chi connectivity index (χ4v) is 1.25. The molecule has 0 aliphatic heterocycles. The maximum Gasteiger partial charge on any atom is 0.410 e. The van der Waals surface area contributed by atoms with E-state index < -0.39 is 69.4 Å². The van der Waals surface area contributed by atoms with Gasteiger partial charge in [-0.2, -0.15) is 0 Å². The molecule has 0 fully saturated rings. The Hall–Kier alpha value is -1.24. The fourth-order valence-electron chi connectivity index (χ4n) is 1.25. The minimum atomic E-state index is -5.22. The normalized spacial score (nSPS) is 16.3. The van der Waals surface area contributed by atoms with Gasteiger partial charge in [-0.3, -0.25) is 0 Å². The van der Waals surface area contributed by atoms with Crippen LogP contribution in [0.2, 0.25) is 0 Å². The van der Waals surface area contributed by atoms with E-state index >= 15 is 0 Å². The van der Waals surface area contributed by atoms with Gasteiger partial charge in [0.15, 0.2) is 0 Å². The van der Waals surface area contributed by atoms with Crippen molar-refractivity contribution in [1.29, 1.82) is 0 Å². The Balaban J connectivity index is 5.15. The van der Waals surface area contributed by atoms with Gasteiger partial charge in [-0.05, 0) is 0 Å². The Labute approximate surface area is 144 Å². The summed E-state index contributed by atoms with van der Waals surface area (Å²) in [5.74, 6) is -10.4. The molecule has 0 unspecified atom stereocenters. The van der Waals surface area contributed by atoms with Crippen molar-refractivity contribution in [2.24, 2.45) is 0 Å². The van der Waals surface area contributed by atoms with E-state index in [0.29, 0.717) is 0 Å². The lowest BCUT2D eigenvalue weighted by atomic mass is 10.2. The summed E-state index contributed by atoms with van der Waals surface area (Å²) in [7, 11) is 0. The average molecular weight is 456 g/mol. The Morgan fingerprint density at radius 2 is 0.679 bits per heavy atom. The van der Waals surface area contributed by atoms with Crippen LogP contribution in [0.25, 0.3) is 0 Å². The van der Waals surface area contributed by atoms with Crippen LogP contribution in [0.1, 0.15) is 0 Å². The zero-order valence-electron chi connectivity index (χ0n) is 12.5. The van der Waals surface area contributed by atoms with Crippen molar-refractivity contribution in [3.05, 3.63) is 0 Å². The van der Waals surface area contributed by atoms with Crippen LogP contribution in [-0.4, -0.2) is 79.6 Å². The maximum atomic E-state index is 12.3.